The minimum absolute atomic E-state index is 0.409. The molecule has 1 aliphatic rings. The molecule has 1 aliphatic carbocycles. The van der Waals surface area contributed by atoms with Gasteiger partial charge >= 0.3 is 91.8 Å². The van der Waals surface area contributed by atoms with Gasteiger partial charge in [0.2, 0.25) is 0 Å². The van der Waals surface area contributed by atoms with Crippen LogP contribution in [0.25, 0.3) is 0 Å². The van der Waals surface area contributed by atoms with Crippen LogP contribution in [0.4, 0.5) is 0 Å². The van der Waals surface area contributed by atoms with Crippen molar-refractivity contribution in [2.45, 2.75) is 20.3 Å². The molecule has 0 aromatic rings. The molecule has 0 aromatic carbocycles. The molecular weight excluding hydrogens is 273 g/mol. The van der Waals surface area contributed by atoms with Gasteiger partial charge in [0.1, 0.15) is 0 Å². The zero-order valence-corrected chi connectivity index (χ0v) is 10.9. The molecule has 0 bridgehead atoms. The van der Waals surface area contributed by atoms with Crippen LogP contribution in [0.5, 0.6) is 0 Å². The monoisotopic (exact) mass is 292 g/mol. The van der Waals surface area contributed by atoms with Crippen molar-refractivity contribution in [3.63, 3.8) is 0 Å². The van der Waals surface area contributed by atoms with E-state index in [0.29, 0.717) is 27.7 Å². The van der Waals surface area contributed by atoms with E-state index in [0.717, 1.165) is 5.92 Å². The molecule has 0 saturated heterocycles. The van der Waals surface area contributed by atoms with Gasteiger partial charge in [0.15, 0.2) is 0 Å². The predicted molar refractivity (Wildman–Crippen MR) is 54.4 cm³/mol. The molecule has 2 N–H and O–H groups in total. The van der Waals surface area contributed by atoms with Gasteiger partial charge in [-0.2, -0.15) is 0 Å². The van der Waals surface area contributed by atoms with Gasteiger partial charge in [-0.05, 0) is 0 Å². The summed E-state index contributed by atoms with van der Waals surface area (Å²) in [5, 5.41) is 0. The summed E-state index contributed by atoms with van der Waals surface area (Å²) in [5.41, 5.74) is 10.2. The standard InChI is InChI=1S/C11H19IN/c1-8-4-10(6-12-3)9(2)11(5-8)7-13/h5,10H,4,6-7,13H2,1-3H3/q-1. The molecule has 1 atom stereocenters. The first kappa shape index (κ1) is 11.2. The molecule has 0 saturated carbocycles. The van der Waals surface area contributed by atoms with Crippen molar-refractivity contribution in [3.8, 4) is 0 Å². The fourth-order valence-corrected chi connectivity index (χ4v) is 3.89. The number of rotatable bonds is 3. The third kappa shape index (κ3) is 2.81. The Morgan fingerprint density at radius 2 is 2.23 bits per heavy atom. The van der Waals surface area contributed by atoms with Crippen molar-refractivity contribution in [3.05, 3.63) is 22.8 Å². The molecule has 0 spiro atoms. The van der Waals surface area contributed by atoms with E-state index in [1.165, 1.54) is 22.0 Å². The maximum absolute atomic E-state index is 5.72. The van der Waals surface area contributed by atoms with Crippen LogP contribution < -0.4 is 26.9 Å². The summed E-state index contributed by atoms with van der Waals surface area (Å²) in [6, 6.07) is 0. The van der Waals surface area contributed by atoms with Crippen molar-refractivity contribution >= 4 is 0 Å². The minimum atomic E-state index is 0.409. The van der Waals surface area contributed by atoms with E-state index >= 15 is 0 Å². The second-order valence-electron chi connectivity index (χ2n) is 3.73. The summed E-state index contributed by atoms with van der Waals surface area (Å²) < 4.78 is 1.42. The van der Waals surface area contributed by atoms with Crippen LogP contribution in [0.1, 0.15) is 20.3 Å². The Hall–Kier alpha value is 0.170. The zero-order valence-electron chi connectivity index (χ0n) is 8.73. The number of halogens is 1. The summed E-state index contributed by atoms with van der Waals surface area (Å²) in [6.45, 7) is 5.19. The number of allylic oxidation sites excluding steroid dienone is 2. The molecule has 0 fully saturated rings. The summed E-state index contributed by atoms with van der Waals surface area (Å²) in [6.07, 6.45) is 3.54. The molecule has 0 aliphatic heterocycles. The number of hydrogen-bond donors (Lipinski definition) is 1. The van der Waals surface area contributed by atoms with Crippen LogP contribution in [0.15, 0.2) is 22.8 Å². The van der Waals surface area contributed by atoms with Gasteiger partial charge in [-0.15, -0.1) is 0 Å². The van der Waals surface area contributed by atoms with Crippen LogP contribution in [-0.2, 0) is 0 Å². The molecule has 0 amide bonds. The Morgan fingerprint density at radius 3 is 2.77 bits per heavy atom. The van der Waals surface area contributed by atoms with E-state index in [1.54, 1.807) is 5.57 Å². The normalized spacial score (nSPS) is 23.7. The number of nitrogens with two attached hydrogens (primary N) is 1. The second-order valence-corrected chi connectivity index (χ2v) is 6.13. The maximum atomic E-state index is 5.72. The van der Waals surface area contributed by atoms with Crippen LogP contribution in [-0.4, -0.2) is 15.9 Å². The summed E-state index contributed by atoms with van der Waals surface area (Å²) >= 11 is 0.409. The molecule has 76 valence electrons. The SMILES string of the molecule is C[I-]CC1CC(C)=CC(CN)=C1C. The third-order valence-electron chi connectivity index (χ3n) is 2.67. The Balaban J connectivity index is 2.82. The van der Waals surface area contributed by atoms with Gasteiger partial charge in [-0.25, -0.2) is 0 Å². The van der Waals surface area contributed by atoms with Crippen molar-refractivity contribution in [1.29, 1.82) is 0 Å². The number of hydrogen-bond acceptors (Lipinski definition) is 1. The molecule has 0 aromatic heterocycles. The average Bonchev–Trinajstić information content (AvgIpc) is 2.11. The van der Waals surface area contributed by atoms with Gasteiger partial charge in [0, 0.05) is 0 Å². The van der Waals surface area contributed by atoms with Gasteiger partial charge in [0.05, 0.1) is 0 Å². The van der Waals surface area contributed by atoms with E-state index in [-0.39, 0.29) is 0 Å². The first-order valence-corrected chi connectivity index (χ1v) is 8.38. The zero-order chi connectivity index (χ0) is 9.84. The molecule has 2 heteroatoms. The van der Waals surface area contributed by atoms with E-state index in [1.807, 2.05) is 0 Å². The van der Waals surface area contributed by atoms with E-state index in [4.69, 9.17) is 5.73 Å². The molecule has 0 radical (unpaired) electrons. The van der Waals surface area contributed by atoms with Gasteiger partial charge in [-0.1, -0.05) is 0 Å². The quantitative estimate of drug-likeness (QED) is 0.521. The Bertz CT molecular complexity index is 240. The predicted octanol–water partition coefficient (Wildman–Crippen LogP) is -1.05. The molecular formula is C11H19IN-. The van der Waals surface area contributed by atoms with E-state index < -0.39 is 0 Å². The average molecular weight is 292 g/mol. The molecule has 1 nitrogen and oxygen atoms in total. The second kappa shape index (κ2) is 5.15. The summed E-state index contributed by atoms with van der Waals surface area (Å²) in [7, 11) is 0. The fourth-order valence-electron chi connectivity index (χ4n) is 1.85. The summed E-state index contributed by atoms with van der Waals surface area (Å²) in [5.74, 6) is 0.807. The van der Waals surface area contributed by atoms with Crippen molar-refractivity contribution in [2.24, 2.45) is 11.7 Å². The van der Waals surface area contributed by atoms with Crippen LogP contribution >= 0.6 is 0 Å². The Labute approximate surface area is 91.7 Å². The number of alkyl halides is 2. The van der Waals surface area contributed by atoms with Gasteiger partial charge in [-0.3, -0.25) is 0 Å². The third-order valence-corrected chi connectivity index (χ3v) is 4.61. The topological polar surface area (TPSA) is 26.0 Å². The van der Waals surface area contributed by atoms with Crippen LogP contribution in [0.3, 0.4) is 0 Å². The molecule has 1 unspecified atom stereocenters. The summed E-state index contributed by atoms with van der Waals surface area (Å²) in [4.78, 5) is 2.36. The molecule has 1 rings (SSSR count). The Kier molecular flexibility index (Phi) is 4.46. The first-order valence-electron chi connectivity index (χ1n) is 4.69. The van der Waals surface area contributed by atoms with Crippen LogP contribution in [0, 0.1) is 5.92 Å². The van der Waals surface area contributed by atoms with Crippen LogP contribution in [0.2, 0.25) is 0 Å². The molecule has 0 heterocycles. The Morgan fingerprint density at radius 1 is 1.54 bits per heavy atom. The van der Waals surface area contributed by atoms with Gasteiger partial charge < -0.3 is 0 Å². The van der Waals surface area contributed by atoms with Crippen molar-refractivity contribution in [2.75, 3.05) is 15.9 Å². The van der Waals surface area contributed by atoms with Gasteiger partial charge in [0.25, 0.3) is 0 Å². The van der Waals surface area contributed by atoms with Crippen molar-refractivity contribution in [1.82, 2.24) is 0 Å². The molecule has 13 heavy (non-hydrogen) atoms. The van der Waals surface area contributed by atoms with E-state index in [9.17, 15) is 0 Å². The van der Waals surface area contributed by atoms with Crippen molar-refractivity contribution < 1.29 is 21.2 Å². The fraction of sp³-hybridized carbons (Fsp3) is 0.636. The first-order chi connectivity index (χ1) is 6.19. The van der Waals surface area contributed by atoms with E-state index in [2.05, 4.69) is 24.9 Å².